The van der Waals surface area contributed by atoms with Gasteiger partial charge in [-0.25, -0.2) is 4.39 Å². The maximum atomic E-state index is 13.4. The first-order chi connectivity index (χ1) is 8.70. The third-order valence-corrected chi connectivity index (χ3v) is 3.04. The third kappa shape index (κ3) is 3.02. The predicted octanol–water partition coefficient (Wildman–Crippen LogP) is 4.62. The van der Waals surface area contributed by atoms with Crippen molar-refractivity contribution in [3.8, 4) is 5.75 Å². The van der Waals surface area contributed by atoms with Crippen molar-refractivity contribution in [2.24, 2.45) is 0 Å². The smallest absolute Gasteiger partial charge is 0.138 e. The van der Waals surface area contributed by atoms with Crippen LogP contribution in [0, 0.1) is 5.82 Å². The second-order valence-corrected chi connectivity index (χ2v) is 4.41. The zero-order chi connectivity index (χ0) is 13.0. The van der Waals surface area contributed by atoms with Gasteiger partial charge in [-0.3, -0.25) is 0 Å². The Balaban J connectivity index is 2.09. The van der Waals surface area contributed by atoms with Crippen LogP contribution in [-0.2, 0) is 13.0 Å². The van der Waals surface area contributed by atoms with Crippen LogP contribution in [0.15, 0.2) is 42.5 Å². The van der Waals surface area contributed by atoms with Gasteiger partial charge < -0.3 is 4.74 Å². The molecule has 1 nitrogen and oxygen atoms in total. The van der Waals surface area contributed by atoms with Crippen molar-refractivity contribution < 1.29 is 9.13 Å². The first kappa shape index (κ1) is 12.9. The average molecular weight is 265 g/mol. The lowest BCUT2D eigenvalue weighted by molar-refractivity contribution is 0.300. The minimum Gasteiger partial charge on any atom is -0.487 e. The van der Waals surface area contributed by atoms with E-state index in [1.54, 1.807) is 18.2 Å². The van der Waals surface area contributed by atoms with Gasteiger partial charge >= 0.3 is 0 Å². The fourth-order valence-electron chi connectivity index (χ4n) is 1.65. The van der Waals surface area contributed by atoms with Gasteiger partial charge in [-0.2, -0.15) is 0 Å². The molecule has 0 heterocycles. The van der Waals surface area contributed by atoms with E-state index in [0.29, 0.717) is 16.3 Å². The molecule has 0 bridgehead atoms. The molecule has 0 aliphatic carbocycles. The van der Waals surface area contributed by atoms with Crippen LogP contribution in [0.4, 0.5) is 4.39 Å². The number of rotatable bonds is 4. The molecule has 0 saturated carbocycles. The fraction of sp³-hybridized carbons (Fsp3) is 0.200. The highest BCUT2D eigenvalue weighted by Crippen LogP contribution is 2.26. The van der Waals surface area contributed by atoms with Gasteiger partial charge in [0.15, 0.2) is 0 Å². The van der Waals surface area contributed by atoms with Gasteiger partial charge in [0, 0.05) is 5.56 Å². The number of hydrogen-bond acceptors (Lipinski definition) is 1. The topological polar surface area (TPSA) is 9.23 Å². The quantitative estimate of drug-likeness (QED) is 0.783. The molecule has 0 unspecified atom stereocenters. The van der Waals surface area contributed by atoms with Gasteiger partial charge in [0.1, 0.15) is 18.2 Å². The minimum atomic E-state index is -0.265. The summed E-state index contributed by atoms with van der Waals surface area (Å²) >= 11 is 6.10. The zero-order valence-corrected chi connectivity index (χ0v) is 10.9. The summed E-state index contributed by atoms with van der Waals surface area (Å²) in [5.74, 6) is 0.316. The molecule has 0 spiro atoms. The Bertz CT molecular complexity index is 540. The van der Waals surface area contributed by atoms with Gasteiger partial charge in [-0.05, 0) is 30.2 Å². The number of benzene rings is 2. The van der Waals surface area contributed by atoms with E-state index >= 15 is 0 Å². The molecule has 0 aliphatic rings. The van der Waals surface area contributed by atoms with Crippen LogP contribution < -0.4 is 4.74 Å². The monoisotopic (exact) mass is 264 g/mol. The van der Waals surface area contributed by atoms with E-state index in [2.05, 4.69) is 6.92 Å². The summed E-state index contributed by atoms with van der Waals surface area (Å²) in [7, 11) is 0. The summed E-state index contributed by atoms with van der Waals surface area (Å²) in [5, 5.41) is 0.561. The van der Waals surface area contributed by atoms with Crippen LogP contribution in [0.1, 0.15) is 18.1 Å². The van der Waals surface area contributed by atoms with Crippen molar-refractivity contribution >= 4 is 11.6 Å². The van der Waals surface area contributed by atoms with Crippen molar-refractivity contribution in [2.75, 3.05) is 0 Å². The highest BCUT2D eigenvalue weighted by molar-refractivity contribution is 6.32. The molecule has 0 aliphatic heterocycles. The maximum absolute atomic E-state index is 13.4. The molecule has 0 radical (unpaired) electrons. The molecule has 2 rings (SSSR count). The lowest BCUT2D eigenvalue weighted by atomic mass is 10.2. The van der Waals surface area contributed by atoms with Crippen LogP contribution in [0.25, 0.3) is 0 Å². The van der Waals surface area contributed by atoms with Crippen LogP contribution in [0.2, 0.25) is 5.02 Å². The molecule has 0 atom stereocenters. The molecule has 0 amide bonds. The first-order valence-corrected chi connectivity index (χ1v) is 6.23. The van der Waals surface area contributed by atoms with Gasteiger partial charge in [-0.15, -0.1) is 0 Å². The molecule has 0 fully saturated rings. The molecular formula is C15H14ClFO. The number of hydrogen-bond donors (Lipinski definition) is 0. The summed E-state index contributed by atoms with van der Waals surface area (Å²) in [4.78, 5) is 0. The maximum Gasteiger partial charge on any atom is 0.138 e. The Morgan fingerprint density at radius 2 is 1.94 bits per heavy atom. The molecule has 0 saturated heterocycles. The Kier molecular flexibility index (Phi) is 4.21. The molecule has 94 valence electrons. The second kappa shape index (κ2) is 5.87. The van der Waals surface area contributed by atoms with Crippen LogP contribution in [0.3, 0.4) is 0 Å². The summed E-state index contributed by atoms with van der Waals surface area (Å²) in [6.07, 6.45) is 0.924. The van der Waals surface area contributed by atoms with Crippen molar-refractivity contribution in [2.45, 2.75) is 20.0 Å². The molecule has 2 aromatic carbocycles. The predicted molar refractivity (Wildman–Crippen MR) is 71.6 cm³/mol. The summed E-state index contributed by atoms with van der Waals surface area (Å²) < 4.78 is 18.9. The number of aryl methyl sites for hydroxylation is 1. The summed E-state index contributed by atoms with van der Waals surface area (Å²) in [6, 6.07) is 12.2. The normalized spacial score (nSPS) is 10.4. The number of halogens is 2. The molecular weight excluding hydrogens is 251 g/mol. The van der Waals surface area contributed by atoms with Crippen molar-refractivity contribution in [1.82, 2.24) is 0 Å². The van der Waals surface area contributed by atoms with E-state index < -0.39 is 0 Å². The molecule has 3 heteroatoms. The highest BCUT2D eigenvalue weighted by atomic mass is 35.5. The largest absolute Gasteiger partial charge is 0.487 e. The zero-order valence-electron chi connectivity index (χ0n) is 10.1. The summed E-state index contributed by atoms with van der Waals surface area (Å²) in [6.45, 7) is 2.24. The van der Waals surface area contributed by atoms with E-state index in [1.807, 2.05) is 18.2 Å². The third-order valence-electron chi connectivity index (χ3n) is 2.75. The highest BCUT2D eigenvalue weighted by Gasteiger charge is 2.05. The van der Waals surface area contributed by atoms with Gasteiger partial charge in [-0.1, -0.05) is 42.8 Å². The molecule has 2 aromatic rings. The van der Waals surface area contributed by atoms with E-state index in [-0.39, 0.29) is 12.4 Å². The summed E-state index contributed by atoms with van der Waals surface area (Å²) in [5.41, 5.74) is 1.67. The SMILES string of the molecule is CCc1ccc(OCc2ccccc2F)c(Cl)c1. The van der Waals surface area contributed by atoms with Gasteiger partial charge in [0.25, 0.3) is 0 Å². The molecule has 0 N–H and O–H groups in total. The van der Waals surface area contributed by atoms with E-state index in [9.17, 15) is 4.39 Å². The molecule has 0 aromatic heterocycles. The average Bonchev–Trinajstić information content (AvgIpc) is 2.39. The van der Waals surface area contributed by atoms with Crippen molar-refractivity contribution in [3.05, 3.63) is 64.4 Å². The van der Waals surface area contributed by atoms with E-state index in [1.165, 1.54) is 6.07 Å². The van der Waals surface area contributed by atoms with Crippen LogP contribution in [-0.4, -0.2) is 0 Å². The van der Waals surface area contributed by atoms with E-state index in [4.69, 9.17) is 16.3 Å². The van der Waals surface area contributed by atoms with Gasteiger partial charge in [0.05, 0.1) is 5.02 Å². The Labute approximate surface area is 111 Å². The lowest BCUT2D eigenvalue weighted by Gasteiger charge is -2.09. The fourth-order valence-corrected chi connectivity index (χ4v) is 1.91. The minimum absolute atomic E-state index is 0.178. The van der Waals surface area contributed by atoms with Crippen molar-refractivity contribution in [1.29, 1.82) is 0 Å². The lowest BCUT2D eigenvalue weighted by Crippen LogP contribution is -1.98. The Morgan fingerprint density at radius 1 is 1.17 bits per heavy atom. The van der Waals surface area contributed by atoms with Crippen molar-refractivity contribution in [3.63, 3.8) is 0 Å². The Hall–Kier alpha value is -1.54. The number of ether oxygens (including phenoxy) is 1. The van der Waals surface area contributed by atoms with Gasteiger partial charge in [0.2, 0.25) is 0 Å². The second-order valence-electron chi connectivity index (χ2n) is 4.00. The van der Waals surface area contributed by atoms with Crippen LogP contribution >= 0.6 is 11.6 Å². The Morgan fingerprint density at radius 3 is 2.61 bits per heavy atom. The molecule has 18 heavy (non-hydrogen) atoms. The van der Waals surface area contributed by atoms with E-state index in [0.717, 1.165) is 12.0 Å². The first-order valence-electron chi connectivity index (χ1n) is 5.85. The van der Waals surface area contributed by atoms with Crippen LogP contribution in [0.5, 0.6) is 5.75 Å². The standard InChI is InChI=1S/C15H14ClFO/c1-2-11-7-8-15(13(16)9-11)18-10-12-5-3-4-6-14(12)17/h3-9H,2,10H2,1H3.